The van der Waals surface area contributed by atoms with Crippen LogP contribution in [-0.4, -0.2) is 15.1 Å². The van der Waals surface area contributed by atoms with Gasteiger partial charge < -0.3 is 5.11 Å². The van der Waals surface area contributed by atoms with Crippen LogP contribution in [0.1, 0.15) is 22.8 Å². The Labute approximate surface area is 105 Å². The van der Waals surface area contributed by atoms with Crippen LogP contribution in [0.2, 0.25) is 0 Å². The van der Waals surface area contributed by atoms with Crippen LogP contribution in [-0.2, 0) is 6.18 Å². The fourth-order valence-corrected chi connectivity index (χ4v) is 1.64. The standard InChI is InChI=1S/C12H8F4N2O/c13-8-3-7(4-18-5-8)11(19)9-6-17-2-1-10(9)12(14,15)16/h1-6,11,19H. The molecule has 0 aliphatic heterocycles. The van der Waals surface area contributed by atoms with E-state index in [-0.39, 0.29) is 5.56 Å². The number of aliphatic hydroxyl groups excluding tert-OH is 1. The molecule has 0 spiro atoms. The first kappa shape index (κ1) is 13.4. The zero-order valence-corrected chi connectivity index (χ0v) is 9.39. The molecule has 0 aliphatic carbocycles. The number of pyridine rings is 2. The van der Waals surface area contributed by atoms with Crippen molar-refractivity contribution in [1.29, 1.82) is 0 Å². The van der Waals surface area contributed by atoms with E-state index in [0.29, 0.717) is 0 Å². The molecule has 2 rings (SSSR count). The molecule has 0 saturated carbocycles. The number of rotatable bonds is 2. The van der Waals surface area contributed by atoms with E-state index in [1.807, 2.05) is 0 Å². The third-order valence-electron chi connectivity index (χ3n) is 2.49. The van der Waals surface area contributed by atoms with Crippen LogP contribution in [0.3, 0.4) is 0 Å². The van der Waals surface area contributed by atoms with Gasteiger partial charge in [-0.15, -0.1) is 0 Å². The molecular formula is C12H8F4N2O. The SMILES string of the molecule is OC(c1cncc(F)c1)c1cnccc1C(F)(F)F. The predicted molar refractivity (Wildman–Crippen MR) is 57.5 cm³/mol. The molecular weight excluding hydrogens is 264 g/mol. The van der Waals surface area contributed by atoms with Crippen molar-refractivity contribution in [3.8, 4) is 0 Å². The average molecular weight is 272 g/mol. The van der Waals surface area contributed by atoms with Crippen molar-refractivity contribution >= 4 is 0 Å². The largest absolute Gasteiger partial charge is 0.416 e. The second-order valence-corrected chi connectivity index (χ2v) is 3.80. The van der Waals surface area contributed by atoms with Crippen LogP contribution < -0.4 is 0 Å². The number of alkyl halides is 3. The number of aromatic nitrogens is 2. The Morgan fingerprint density at radius 1 is 1.11 bits per heavy atom. The smallest absolute Gasteiger partial charge is 0.384 e. The van der Waals surface area contributed by atoms with Crippen LogP contribution in [0.4, 0.5) is 17.6 Å². The number of aliphatic hydroxyl groups is 1. The summed E-state index contributed by atoms with van der Waals surface area (Å²) in [5.74, 6) is -0.742. The van der Waals surface area contributed by atoms with Crippen LogP contribution in [0.5, 0.6) is 0 Å². The van der Waals surface area contributed by atoms with Crippen molar-refractivity contribution in [1.82, 2.24) is 9.97 Å². The van der Waals surface area contributed by atoms with E-state index in [9.17, 15) is 22.7 Å². The van der Waals surface area contributed by atoms with E-state index in [4.69, 9.17) is 0 Å². The van der Waals surface area contributed by atoms with E-state index in [1.165, 1.54) is 0 Å². The summed E-state index contributed by atoms with van der Waals surface area (Å²) in [5, 5.41) is 9.91. The minimum Gasteiger partial charge on any atom is -0.384 e. The maximum atomic E-state index is 13.0. The summed E-state index contributed by atoms with van der Waals surface area (Å²) in [6.45, 7) is 0. The Bertz CT molecular complexity index is 586. The van der Waals surface area contributed by atoms with Crippen LogP contribution in [0, 0.1) is 5.82 Å². The van der Waals surface area contributed by atoms with Crippen molar-refractivity contribution in [3.05, 3.63) is 59.4 Å². The van der Waals surface area contributed by atoms with Gasteiger partial charge in [-0.3, -0.25) is 9.97 Å². The highest BCUT2D eigenvalue weighted by atomic mass is 19.4. The van der Waals surface area contributed by atoms with Gasteiger partial charge in [0.15, 0.2) is 0 Å². The summed E-state index contributed by atoms with van der Waals surface area (Å²) in [7, 11) is 0. The number of halogens is 4. The van der Waals surface area contributed by atoms with Gasteiger partial charge in [-0.2, -0.15) is 13.2 Å². The van der Waals surface area contributed by atoms with E-state index in [1.54, 1.807) is 0 Å². The molecule has 19 heavy (non-hydrogen) atoms. The number of hydrogen-bond acceptors (Lipinski definition) is 3. The monoisotopic (exact) mass is 272 g/mol. The Morgan fingerprint density at radius 3 is 2.47 bits per heavy atom. The molecule has 3 nitrogen and oxygen atoms in total. The Hall–Kier alpha value is -2.02. The van der Waals surface area contributed by atoms with Gasteiger partial charge in [0, 0.05) is 29.7 Å². The van der Waals surface area contributed by atoms with Crippen molar-refractivity contribution < 1.29 is 22.7 Å². The molecule has 1 unspecified atom stereocenters. The lowest BCUT2D eigenvalue weighted by atomic mass is 10.00. The number of nitrogens with zero attached hydrogens (tertiary/aromatic N) is 2. The molecule has 0 aliphatic rings. The van der Waals surface area contributed by atoms with Gasteiger partial charge in [0.25, 0.3) is 0 Å². The molecule has 0 bridgehead atoms. The average Bonchev–Trinajstić information content (AvgIpc) is 2.37. The third-order valence-corrected chi connectivity index (χ3v) is 2.49. The molecule has 0 fully saturated rings. The molecule has 1 atom stereocenters. The minimum atomic E-state index is -4.62. The van der Waals surface area contributed by atoms with Crippen LogP contribution in [0.15, 0.2) is 36.9 Å². The predicted octanol–water partition coefficient (Wildman–Crippen LogP) is 2.72. The summed E-state index contributed by atoms with van der Waals surface area (Å²) in [6.07, 6.45) is -2.40. The highest BCUT2D eigenvalue weighted by Gasteiger charge is 2.35. The van der Waals surface area contributed by atoms with Gasteiger partial charge in [-0.05, 0) is 12.1 Å². The Balaban J connectivity index is 2.48. The summed E-state index contributed by atoms with van der Waals surface area (Å²) < 4.78 is 51.3. The second-order valence-electron chi connectivity index (χ2n) is 3.80. The molecule has 1 N–H and O–H groups in total. The minimum absolute atomic E-state index is 0.0708. The molecule has 2 aromatic heterocycles. The van der Waals surface area contributed by atoms with Crippen LogP contribution in [0.25, 0.3) is 0 Å². The lowest BCUT2D eigenvalue weighted by molar-refractivity contribution is -0.139. The van der Waals surface area contributed by atoms with Gasteiger partial charge >= 0.3 is 6.18 Å². The van der Waals surface area contributed by atoms with Gasteiger partial charge in [-0.1, -0.05) is 0 Å². The van der Waals surface area contributed by atoms with Gasteiger partial charge in [-0.25, -0.2) is 4.39 Å². The normalized spacial score (nSPS) is 13.3. The van der Waals surface area contributed by atoms with Crippen LogP contribution >= 0.6 is 0 Å². The molecule has 0 aromatic carbocycles. The van der Waals surface area contributed by atoms with E-state index in [2.05, 4.69) is 9.97 Å². The maximum absolute atomic E-state index is 13.0. The zero-order valence-electron chi connectivity index (χ0n) is 9.39. The highest BCUT2D eigenvalue weighted by Crippen LogP contribution is 2.35. The summed E-state index contributed by atoms with van der Waals surface area (Å²) >= 11 is 0. The van der Waals surface area contributed by atoms with Crippen molar-refractivity contribution in [2.24, 2.45) is 0 Å². The molecule has 0 radical (unpaired) electrons. The first-order valence-corrected chi connectivity index (χ1v) is 5.19. The van der Waals surface area contributed by atoms with Crippen molar-refractivity contribution in [3.63, 3.8) is 0 Å². The first-order valence-electron chi connectivity index (χ1n) is 5.19. The third kappa shape index (κ3) is 2.87. The summed E-state index contributed by atoms with van der Waals surface area (Å²) in [6, 6.07) is 1.68. The second kappa shape index (κ2) is 4.93. The lowest BCUT2D eigenvalue weighted by Crippen LogP contribution is -2.13. The van der Waals surface area contributed by atoms with E-state index in [0.717, 1.165) is 36.9 Å². The van der Waals surface area contributed by atoms with Crippen molar-refractivity contribution in [2.75, 3.05) is 0 Å². The fourth-order valence-electron chi connectivity index (χ4n) is 1.64. The molecule has 2 heterocycles. The summed E-state index contributed by atoms with van der Waals surface area (Å²) in [5.41, 5.74) is -1.53. The van der Waals surface area contributed by atoms with Gasteiger partial charge in [0.05, 0.1) is 11.8 Å². The fraction of sp³-hybridized carbons (Fsp3) is 0.167. The molecule has 100 valence electrons. The quantitative estimate of drug-likeness (QED) is 0.855. The van der Waals surface area contributed by atoms with Crippen molar-refractivity contribution in [2.45, 2.75) is 12.3 Å². The molecule has 7 heteroatoms. The maximum Gasteiger partial charge on any atom is 0.416 e. The van der Waals surface area contributed by atoms with Gasteiger partial charge in [0.2, 0.25) is 0 Å². The van der Waals surface area contributed by atoms with Gasteiger partial charge in [0.1, 0.15) is 11.9 Å². The molecule has 0 saturated heterocycles. The summed E-state index contributed by atoms with van der Waals surface area (Å²) in [4.78, 5) is 7.04. The van der Waals surface area contributed by atoms with E-state index < -0.39 is 29.2 Å². The highest BCUT2D eigenvalue weighted by molar-refractivity contribution is 5.34. The van der Waals surface area contributed by atoms with E-state index >= 15 is 0 Å². The zero-order chi connectivity index (χ0) is 14.0. The lowest BCUT2D eigenvalue weighted by Gasteiger charge is -2.16. The topological polar surface area (TPSA) is 46.0 Å². The molecule has 2 aromatic rings. The Kier molecular flexibility index (Phi) is 3.48. The number of hydrogen-bond donors (Lipinski definition) is 1. The molecule has 0 amide bonds. The first-order chi connectivity index (χ1) is 8.89. The Morgan fingerprint density at radius 2 is 1.84 bits per heavy atom.